The van der Waals surface area contributed by atoms with Gasteiger partial charge >= 0.3 is 6.18 Å². The van der Waals surface area contributed by atoms with Crippen molar-refractivity contribution < 1.29 is 18.0 Å². The Morgan fingerprint density at radius 2 is 2.00 bits per heavy atom. The number of carbonyl (C=O) groups excluding carboxylic acids is 1. The van der Waals surface area contributed by atoms with Crippen LogP contribution in [0.4, 0.5) is 13.2 Å². The van der Waals surface area contributed by atoms with Crippen molar-refractivity contribution in [1.29, 1.82) is 0 Å². The van der Waals surface area contributed by atoms with Crippen LogP contribution in [0.15, 0.2) is 24.3 Å². The molecule has 84 valence electrons. The zero-order valence-electron chi connectivity index (χ0n) is 8.04. The fraction of sp³-hybridized carbons (Fsp3) is 0.182. The first-order chi connectivity index (χ1) is 7.50. The van der Waals surface area contributed by atoms with Gasteiger partial charge in [0.15, 0.2) is 0 Å². The monoisotopic (exact) mass is 244 g/mol. The Morgan fingerprint density at radius 3 is 2.62 bits per heavy atom. The molecule has 0 saturated carbocycles. The second-order valence-corrected chi connectivity index (χ2v) is 4.50. The molecule has 0 fully saturated rings. The molecule has 1 aromatic heterocycles. The molecule has 2 aromatic rings. The molecular weight excluding hydrogens is 237 g/mol. The van der Waals surface area contributed by atoms with Gasteiger partial charge in [-0.2, -0.15) is 13.2 Å². The third-order valence-corrected chi connectivity index (χ3v) is 3.32. The number of fused-ring (bicyclic) bond motifs is 1. The van der Waals surface area contributed by atoms with Crippen LogP contribution in [0.25, 0.3) is 10.1 Å². The lowest BCUT2D eigenvalue weighted by Gasteiger charge is -2.05. The normalized spacial score (nSPS) is 11.9. The van der Waals surface area contributed by atoms with Crippen LogP contribution in [0, 0.1) is 0 Å². The molecule has 0 aliphatic heterocycles. The van der Waals surface area contributed by atoms with Crippen LogP contribution in [0.1, 0.15) is 10.4 Å². The van der Waals surface area contributed by atoms with Crippen molar-refractivity contribution in [3.05, 3.63) is 34.7 Å². The third kappa shape index (κ3) is 2.09. The predicted molar refractivity (Wildman–Crippen MR) is 56.6 cm³/mol. The van der Waals surface area contributed by atoms with Crippen LogP contribution in [0.3, 0.4) is 0 Å². The van der Waals surface area contributed by atoms with Gasteiger partial charge in [-0.25, -0.2) is 0 Å². The Kier molecular flexibility index (Phi) is 2.71. The minimum atomic E-state index is -4.32. The van der Waals surface area contributed by atoms with Crippen LogP contribution >= 0.6 is 11.3 Å². The molecule has 16 heavy (non-hydrogen) atoms. The summed E-state index contributed by atoms with van der Waals surface area (Å²) in [5, 5.41) is 0.539. The number of rotatable bonds is 2. The minimum absolute atomic E-state index is 0.251. The second-order valence-electron chi connectivity index (χ2n) is 3.33. The van der Waals surface area contributed by atoms with E-state index in [1.165, 1.54) is 17.4 Å². The first kappa shape index (κ1) is 11.1. The highest BCUT2D eigenvalue weighted by atomic mass is 32.1. The summed E-state index contributed by atoms with van der Waals surface area (Å²) in [5.74, 6) is 0. The maximum Gasteiger partial charge on any atom is 0.416 e. The van der Waals surface area contributed by atoms with Gasteiger partial charge in [0.1, 0.15) is 6.29 Å². The molecule has 0 saturated heterocycles. The summed E-state index contributed by atoms with van der Waals surface area (Å²) in [7, 11) is 0. The summed E-state index contributed by atoms with van der Waals surface area (Å²) >= 11 is 1.34. The van der Waals surface area contributed by atoms with E-state index in [4.69, 9.17) is 0 Å². The fourth-order valence-electron chi connectivity index (χ4n) is 1.46. The van der Waals surface area contributed by atoms with Crippen molar-refractivity contribution in [3.8, 4) is 0 Å². The van der Waals surface area contributed by atoms with Crippen molar-refractivity contribution in [2.45, 2.75) is 12.6 Å². The van der Waals surface area contributed by atoms with Crippen LogP contribution < -0.4 is 0 Å². The number of halogens is 3. The van der Waals surface area contributed by atoms with Gasteiger partial charge in [-0.3, -0.25) is 0 Å². The van der Waals surface area contributed by atoms with Crippen LogP contribution in [-0.2, 0) is 17.4 Å². The standard InChI is InChI=1S/C11H7F3OS/c12-11(13,14)8-1-2-10-7(5-8)6-9(16-10)3-4-15/h1-2,4-6H,3H2. The molecule has 0 unspecified atom stereocenters. The largest absolute Gasteiger partial charge is 0.416 e. The Hall–Kier alpha value is -1.36. The molecule has 1 nitrogen and oxygen atoms in total. The third-order valence-electron chi connectivity index (χ3n) is 2.18. The molecule has 5 heteroatoms. The van der Waals surface area contributed by atoms with E-state index in [-0.39, 0.29) is 6.42 Å². The van der Waals surface area contributed by atoms with E-state index >= 15 is 0 Å². The molecule has 0 radical (unpaired) electrons. The summed E-state index contributed by atoms with van der Waals surface area (Å²) in [6.45, 7) is 0. The lowest BCUT2D eigenvalue weighted by Crippen LogP contribution is -2.03. The average molecular weight is 244 g/mol. The minimum Gasteiger partial charge on any atom is -0.303 e. The van der Waals surface area contributed by atoms with Gasteiger partial charge in [0.2, 0.25) is 0 Å². The summed E-state index contributed by atoms with van der Waals surface area (Å²) < 4.78 is 38.0. The smallest absolute Gasteiger partial charge is 0.303 e. The van der Waals surface area contributed by atoms with Gasteiger partial charge in [-0.1, -0.05) is 0 Å². The predicted octanol–water partition coefficient (Wildman–Crippen LogP) is 3.66. The molecule has 0 amide bonds. The van der Waals surface area contributed by atoms with E-state index in [1.54, 1.807) is 6.07 Å². The van der Waals surface area contributed by atoms with E-state index in [0.29, 0.717) is 5.39 Å². The highest BCUT2D eigenvalue weighted by Gasteiger charge is 2.30. The lowest BCUT2D eigenvalue weighted by molar-refractivity contribution is -0.137. The SMILES string of the molecule is O=CCc1cc2cc(C(F)(F)F)ccc2s1. The molecule has 1 heterocycles. The van der Waals surface area contributed by atoms with Crippen molar-refractivity contribution >= 4 is 27.7 Å². The van der Waals surface area contributed by atoms with Crippen molar-refractivity contribution in [1.82, 2.24) is 0 Å². The summed E-state index contributed by atoms with van der Waals surface area (Å²) in [4.78, 5) is 11.1. The Morgan fingerprint density at radius 1 is 1.25 bits per heavy atom. The van der Waals surface area contributed by atoms with E-state index in [1.807, 2.05) is 0 Å². The number of hydrogen-bond acceptors (Lipinski definition) is 2. The maximum absolute atomic E-state index is 12.4. The zero-order chi connectivity index (χ0) is 11.8. The Labute approximate surface area is 93.5 Å². The number of hydrogen-bond donors (Lipinski definition) is 0. The molecule has 1 aromatic carbocycles. The number of thiophene rings is 1. The topological polar surface area (TPSA) is 17.1 Å². The van der Waals surface area contributed by atoms with Gasteiger partial charge in [0.25, 0.3) is 0 Å². The van der Waals surface area contributed by atoms with E-state index < -0.39 is 11.7 Å². The highest BCUT2D eigenvalue weighted by molar-refractivity contribution is 7.19. The van der Waals surface area contributed by atoms with E-state index in [2.05, 4.69) is 0 Å². The lowest BCUT2D eigenvalue weighted by atomic mass is 10.1. The van der Waals surface area contributed by atoms with Crippen LogP contribution in [-0.4, -0.2) is 6.29 Å². The molecule has 0 bridgehead atoms. The summed E-state index contributed by atoms with van der Waals surface area (Å²) in [6, 6.07) is 5.24. The number of benzene rings is 1. The number of carbonyl (C=O) groups is 1. The first-order valence-electron chi connectivity index (χ1n) is 4.54. The molecule has 2 rings (SSSR count). The van der Waals surface area contributed by atoms with Gasteiger partial charge in [0, 0.05) is 16.0 Å². The fourth-order valence-corrected chi connectivity index (χ4v) is 2.45. The van der Waals surface area contributed by atoms with Crippen molar-refractivity contribution in [2.75, 3.05) is 0 Å². The molecule has 0 aliphatic carbocycles. The molecule has 0 aliphatic rings. The van der Waals surface area contributed by atoms with Gasteiger partial charge < -0.3 is 4.79 Å². The summed E-state index contributed by atoms with van der Waals surface area (Å²) in [5.41, 5.74) is -0.657. The molecule has 0 spiro atoms. The maximum atomic E-state index is 12.4. The quantitative estimate of drug-likeness (QED) is 0.737. The first-order valence-corrected chi connectivity index (χ1v) is 5.35. The van der Waals surface area contributed by atoms with E-state index in [9.17, 15) is 18.0 Å². The summed E-state index contributed by atoms with van der Waals surface area (Å²) in [6.07, 6.45) is -3.32. The van der Waals surface area contributed by atoms with Crippen molar-refractivity contribution in [3.63, 3.8) is 0 Å². The zero-order valence-corrected chi connectivity index (χ0v) is 8.86. The van der Waals surface area contributed by atoms with Crippen LogP contribution in [0.2, 0.25) is 0 Å². The van der Waals surface area contributed by atoms with Crippen LogP contribution in [0.5, 0.6) is 0 Å². The van der Waals surface area contributed by atoms with Gasteiger partial charge in [0.05, 0.1) is 5.56 Å². The second kappa shape index (κ2) is 3.90. The Balaban J connectivity index is 2.49. The molecular formula is C11H7F3OS. The van der Waals surface area contributed by atoms with E-state index in [0.717, 1.165) is 28.0 Å². The average Bonchev–Trinajstić information content (AvgIpc) is 2.57. The number of aldehydes is 1. The highest BCUT2D eigenvalue weighted by Crippen LogP contribution is 2.34. The number of alkyl halides is 3. The molecule has 0 N–H and O–H groups in total. The van der Waals surface area contributed by atoms with Gasteiger partial charge in [-0.15, -0.1) is 11.3 Å². The van der Waals surface area contributed by atoms with Gasteiger partial charge in [-0.05, 0) is 29.7 Å². The van der Waals surface area contributed by atoms with Crippen molar-refractivity contribution in [2.24, 2.45) is 0 Å². The Bertz CT molecular complexity index is 527. The molecule has 0 atom stereocenters.